The van der Waals surface area contributed by atoms with Gasteiger partial charge in [-0.05, 0) is 12.8 Å². The number of hydrogen-bond donors (Lipinski definition) is 0. The van der Waals surface area contributed by atoms with Crippen LogP contribution in [-0.4, -0.2) is 19.0 Å². The molecule has 2 aliphatic rings. The summed E-state index contributed by atoms with van der Waals surface area (Å²) >= 11 is 0. The smallest absolute Gasteiger partial charge is 0.171 e. The first-order valence-corrected chi connectivity index (χ1v) is 4.15. The molecule has 0 bridgehead atoms. The third-order valence-corrected chi connectivity index (χ3v) is 2.73. The largest absolute Gasteiger partial charge is 0.347 e. The Morgan fingerprint density at radius 3 is 2.50 bits per heavy atom. The molecule has 0 N–H and O–H groups in total. The first-order chi connectivity index (χ1) is 4.87. The van der Waals surface area contributed by atoms with Gasteiger partial charge in [0.2, 0.25) is 0 Å². The minimum atomic E-state index is -0.116. The maximum absolute atomic E-state index is 5.56. The summed E-state index contributed by atoms with van der Waals surface area (Å²) in [6.07, 6.45) is 3.60. The van der Waals surface area contributed by atoms with E-state index in [0.717, 1.165) is 19.6 Å². The lowest BCUT2D eigenvalue weighted by atomic mass is 9.76. The zero-order valence-corrected chi connectivity index (χ0v) is 6.43. The molecule has 0 aromatic heterocycles. The molecule has 0 aromatic rings. The SMILES string of the molecule is CC[C@H]1CCC12OCCO2. The van der Waals surface area contributed by atoms with Crippen LogP contribution >= 0.6 is 0 Å². The van der Waals surface area contributed by atoms with Gasteiger partial charge in [0, 0.05) is 12.3 Å². The molecule has 1 aliphatic carbocycles. The predicted molar refractivity (Wildman–Crippen MR) is 37.6 cm³/mol. The average molecular weight is 142 g/mol. The van der Waals surface area contributed by atoms with Crippen LogP contribution in [0.25, 0.3) is 0 Å². The van der Waals surface area contributed by atoms with Gasteiger partial charge in [-0.15, -0.1) is 0 Å². The molecule has 2 heteroatoms. The van der Waals surface area contributed by atoms with E-state index in [9.17, 15) is 0 Å². The second kappa shape index (κ2) is 2.21. The fraction of sp³-hybridized carbons (Fsp3) is 1.00. The maximum atomic E-state index is 5.56. The second-order valence-electron chi connectivity index (χ2n) is 3.15. The van der Waals surface area contributed by atoms with Crippen molar-refractivity contribution in [3.05, 3.63) is 0 Å². The Balaban J connectivity index is 2.01. The summed E-state index contributed by atoms with van der Waals surface area (Å²) in [6, 6.07) is 0. The van der Waals surface area contributed by atoms with E-state index in [1.54, 1.807) is 0 Å². The van der Waals surface area contributed by atoms with Crippen molar-refractivity contribution in [3.63, 3.8) is 0 Å². The first-order valence-electron chi connectivity index (χ1n) is 4.15. The predicted octanol–water partition coefficient (Wildman–Crippen LogP) is 1.55. The minimum absolute atomic E-state index is 0.116. The molecule has 10 heavy (non-hydrogen) atoms. The third-order valence-electron chi connectivity index (χ3n) is 2.73. The van der Waals surface area contributed by atoms with Crippen LogP contribution < -0.4 is 0 Å². The third kappa shape index (κ3) is 0.722. The monoisotopic (exact) mass is 142 g/mol. The molecule has 0 amide bonds. The van der Waals surface area contributed by atoms with E-state index < -0.39 is 0 Å². The van der Waals surface area contributed by atoms with Gasteiger partial charge in [0.05, 0.1) is 13.2 Å². The van der Waals surface area contributed by atoms with Crippen LogP contribution in [0.15, 0.2) is 0 Å². The van der Waals surface area contributed by atoms with Crippen molar-refractivity contribution in [1.29, 1.82) is 0 Å². The van der Waals surface area contributed by atoms with Crippen molar-refractivity contribution in [1.82, 2.24) is 0 Å². The first kappa shape index (κ1) is 6.62. The molecule has 1 saturated carbocycles. The summed E-state index contributed by atoms with van der Waals surface area (Å²) in [5.41, 5.74) is 0. The Morgan fingerprint density at radius 1 is 1.40 bits per heavy atom. The number of rotatable bonds is 1. The van der Waals surface area contributed by atoms with Crippen LogP contribution in [0.4, 0.5) is 0 Å². The van der Waals surface area contributed by atoms with Gasteiger partial charge in [-0.2, -0.15) is 0 Å². The highest BCUT2D eigenvalue weighted by atomic mass is 16.7. The molecule has 0 aromatic carbocycles. The van der Waals surface area contributed by atoms with Crippen LogP contribution in [0.5, 0.6) is 0 Å². The van der Waals surface area contributed by atoms with Crippen LogP contribution in [0.3, 0.4) is 0 Å². The lowest BCUT2D eigenvalue weighted by molar-refractivity contribution is -0.248. The van der Waals surface area contributed by atoms with Crippen molar-refractivity contribution in [2.45, 2.75) is 32.0 Å². The summed E-state index contributed by atoms with van der Waals surface area (Å²) in [5, 5.41) is 0. The molecular weight excluding hydrogens is 128 g/mol. The van der Waals surface area contributed by atoms with E-state index >= 15 is 0 Å². The molecule has 58 valence electrons. The second-order valence-corrected chi connectivity index (χ2v) is 3.15. The van der Waals surface area contributed by atoms with Crippen molar-refractivity contribution < 1.29 is 9.47 Å². The quantitative estimate of drug-likeness (QED) is 0.553. The molecule has 2 nitrogen and oxygen atoms in total. The Kier molecular flexibility index (Phi) is 1.46. The zero-order chi connectivity index (χ0) is 7.03. The van der Waals surface area contributed by atoms with E-state index in [4.69, 9.17) is 9.47 Å². The van der Waals surface area contributed by atoms with E-state index in [2.05, 4.69) is 6.92 Å². The fourth-order valence-corrected chi connectivity index (χ4v) is 1.95. The minimum Gasteiger partial charge on any atom is -0.347 e. The summed E-state index contributed by atoms with van der Waals surface area (Å²) < 4.78 is 11.1. The molecular formula is C8H14O2. The Hall–Kier alpha value is -0.0800. The standard InChI is InChI=1S/C8H14O2/c1-2-7-3-4-8(7)9-5-6-10-8/h7H,2-6H2,1H3/t7-/m0/s1. The van der Waals surface area contributed by atoms with E-state index in [-0.39, 0.29) is 5.79 Å². The van der Waals surface area contributed by atoms with Crippen LogP contribution in [-0.2, 0) is 9.47 Å². The Bertz CT molecular complexity index is 125. The zero-order valence-electron chi connectivity index (χ0n) is 6.43. The van der Waals surface area contributed by atoms with Gasteiger partial charge in [-0.1, -0.05) is 6.92 Å². The van der Waals surface area contributed by atoms with Crippen LogP contribution in [0.1, 0.15) is 26.2 Å². The average Bonchev–Trinajstić information content (AvgIpc) is 2.35. The van der Waals surface area contributed by atoms with Gasteiger partial charge in [0.25, 0.3) is 0 Å². The Morgan fingerprint density at radius 2 is 2.10 bits per heavy atom. The van der Waals surface area contributed by atoms with Gasteiger partial charge < -0.3 is 9.47 Å². The van der Waals surface area contributed by atoms with E-state index in [0.29, 0.717) is 5.92 Å². The van der Waals surface area contributed by atoms with Crippen molar-refractivity contribution >= 4 is 0 Å². The number of hydrogen-bond acceptors (Lipinski definition) is 2. The lowest BCUT2D eigenvalue weighted by Gasteiger charge is -2.44. The molecule has 1 saturated heterocycles. The lowest BCUT2D eigenvalue weighted by Crippen LogP contribution is -2.47. The molecule has 0 radical (unpaired) electrons. The maximum Gasteiger partial charge on any atom is 0.171 e. The molecule has 1 atom stereocenters. The topological polar surface area (TPSA) is 18.5 Å². The van der Waals surface area contributed by atoms with Gasteiger partial charge in [-0.25, -0.2) is 0 Å². The fourth-order valence-electron chi connectivity index (χ4n) is 1.95. The van der Waals surface area contributed by atoms with Crippen LogP contribution in [0.2, 0.25) is 0 Å². The Labute approximate surface area is 61.5 Å². The van der Waals surface area contributed by atoms with Crippen LogP contribution in [0, 0.1) is 5.92 Å². The number of ether oxygens (including phenoxy) is 2. The highest BCUT2D eigenvalue weighted by Crippen LogP contribution is 2.46. The van der Waals surface area contributed by atoms with Gasteiger partial charge >= 0.3 is 0 Å². The summed E-state index contributed by atoms with van der Waals surface area (Å²) in [6.45, 7) is 3.81. The highest BCUT2D eigenvalue weighted by Gasteiger charge is 2.50. The van der Waals surface area contributed by atoms with Gasteiger partial charge in [0.15, 0.2) is 5.79 Å². The summed E-state index contributed by atoms with van der Waals surface area (Å²) in [4.78, 5) is 0. The van der Waals surface area contributed by atoms with E-state index in [1.165, 1.54) is 12.8 Å². The van der Waals surface area contributed by atoms with Crippen molar-refractivity contribution in [2.24, 2.45) is 5.92 Å². The summed E-state index contributed by atoms with van der Waals surface area (Å²) in [5.74, 6) is 0.560. The summed E-state index contributed by atoms with van der Waals surface area (Å²) in [7, 11) is 0. The van der Waals surface area contributed by atoms with Gasteiger partial charge in [0.1, 0.15) is 0 Å². The normalized spacial score (nSPS) is 36.3. The highest BCUT2D eigenvalue weighted by molar-refractivity contribution is 4.91. The molecule has 1 aliphatic heterocycles. The molecule has 2 rings (SSSR count). The van der Waals surface area contributed by atoms with Gasteiger partial charge in [-0.3, -0.25) is 0 Å². The molecule has 1 heterocycles. The molecule has 2 fully saturated rings. The molecule has 1 spiro atoms. The van der Waals surface area contributed by atoms with Crippen molar-refractivity contribution in [2.75, 3.05) is 13.2 Å². The van der Waals surface area contributed by atoms with Crippen molar-refractivity contribution in [3.8, 4) is 0 Å². The van der Waals surface area contributed by atoms with E-state index in [1.807, 2.05) is 0 Å². The molecule has 0 unspecified atom stereocenters.